The number of hydrogen-bond acceptors (Lipinski definition) is 5. The fourth-order valence-corrected chi connectivity index (χ4v) is 3.36. The maximum atomic E-state index is 13.1. The van der Waals surface area contributed by atoms with Crippen LogP contribution in [0.15, 0.2) is 91.5 Å². The molecule has 0 saturated heterocycles. The number of nitrogens with zero attached hydrogens (tertiary/aromatic N) is 3. The molecule has 0 fully saturated rings. The molecule has 2 aromatic heterocycles. The van der Waals surface area contributed by atoms with Gasteiger partial charge in [-0.3, -0.25) is 14.5 Å². The molecule has 1 unspecified atom stereocenters. The highest BCUT2D eigenvalue weighted by Gasteiger charge is 2.22. The second-order valence-corrected chi connectivity index (χ2v) is 7.15. The number of hydrogen-bond donors (Lipinski definition) is 1. The normalized spacial score (nSPS) is 11.5. The monoisotopic (exact) mass is 428 g/mol. The Balaban J connectivity index is 1.43. The summed E-state index contributed by atoms with van der Waals surface area (Å²) >= 11 is 0. The van der Waals surface area contributed by atoms with Gasteiger partial charge < -0.3 is 14.8 Å². The molecule has 4 aromatic rings. The van der Waals surface area contributed by atoms with Crippen LogP contribution in [0.4, 0.5) is 0 Å². The van der Waals surface area contributed by atoms with Crippen LogP contribution in [-0.2, 0) is 17.9 Å². The largest absolute Gasteiger partial charge is 0.493 e. The van der Waals surface area contributed by atoms with Crippen molar-refractivity contribution in [3.05, 3.63) is 108 Å². The number of methoxy groups -OCH3 is 1. The summed E-state index contributed by atoms with van der Waals surface area (Å²) in [7, 11) is 1.60. The third-order valence-corrected chi connectivity index (χ3v) is 4.99. The molecule has 2 heterocycles. The third-order valence-electron chi connectivity index (χ3n) is 4.99. The lowest BCUT2D eigenvalue weighted by Crippen LogP contribution is -2.33. The van der Waals surface area contributed by atoms with E-state index in [4.69, 9.17) is 9.47 Å². The number of carbonyl (C=O) groups is 1. The van der Waals surface area contributed by atoms with Crippen LogP contribution in [0.3, 0.4) is 0 Å². The van der Waals surface area contributed by atoms with Gasteiger partial charge in [-0.1, -0.05) is 36.4 Å². The maximum absolute atomic E-state index is 13.1. The lowest BCUT2D eigenvalue weighted by atomic mass is 10.1. The van der Waals surface area contributed by atoms with Gasteiger partial charge in [0, 0.05) is 31.3 Å². The minimum Gasteiger partial charge on any atom is -0.493 e. The minimum absolute atomic E-state index is 0.142. The lowest BCUT2D eigenvalue weighted by molar-refractivity contribution is -0.123. The zero-order chi connectivity index (χ0) is 22.2. The Morgan fingerprint density at radius 3 is 2.50 bits per heavy atom. The minimum atomic E-state index is -0.545. The van der Waals surface area contributed by atoms with Gasteiger partial charge in [0.05, 0.1) is 7.11 Å². The van der Waals surface area contributed by atoms with Gasteiger partial charge in [0.15, 0.2) is 17.5 Å². The van der Waals surface area contributed by atoms with E-state index in [9.17, 15) is 4.79 Å². The van der Waals surface area contributed by atoms with E-state index in [1.54, 1.807) is 42.6 Å². The van der Waals surface area contributed by atoms with Crippen molar-refractivity contribution in [2.45, 2.75) is 19.2 Å². The first-order valence-electron chi connectivity index (χ1n) is 10.2. The van der Waals surface area contributed by atoms with Gasteiger partial charge >= 0.3 is 0 Å². The van der Waals surface area contributed by atoms with Crippen LogP contribution in [0, 0.1) is 0 Å². The van der Waals surface area contributed by atoms with E-state index in [2.05, 4.69) is 15.4 Å². The van der Waals surface area contributed by atoms with Crippen molar-refractivity contribution >= 4 is 5.91 Å². The predicted octanol–water partition coefficient (Wildman–Crippen LogP) is 3.77. The number of rotatable bonds is 9. The Labute approximate surface area is 186 Å². The van der Waals surface area contributed by atoms with Crippen molar-refractivity contribution in [3.63, 3.8) is 0 Å². The van der Waals surface area contributed by atoms with Crippen molar-refractivity contribution in [3.8, 4) is 11.5 Å². The highest BCUT2D eigenvalue weighted by atomic mass is 16.5. The molecule has 1 N–H and O–H groups in total. The van der Waals surface area contributed by atoms with Gasteiger partial charge in [-0.05, 0) is 47.0 Å². The fraction of sp³-hybridized carbons (Fsp3) is 0.160. The summed E-state index contributed by atoms with van der Waals surface area (Å²) in [5, 5.41) is 7.28. The van der Waals surface area contributed by atoms with Crippen LogP contribution in [0.2, 0.25) is 0 Å². The number of benzene rings is 2. The van der Waals surface area contributed by atoms with Gasteiger partial charge in [0.25, 0.3) is 0 Å². The highest BCUT2D eigenvalue weighted by molar-refractivity contribution is 5.83. The molecule has 7 nitrogen and oxygen atoms in total. The zero-order valence-electron chi connectivity index (χ0n) is 17.7. The van der Waals surface area contributed by atoms with Gasteiger partial charge in [-0.15, -0.1) is 0 Å². The van der Waals surface area contributed by atoms with Crippen molar-refractivity contribution in [1.82, 2.24) is 20.1 Å². The van der Waals surface area contributed by atoms with Crippen LogP contribution in [0.5, 0.6) is 11.5 Å². The molecule has 32 heavy (non-hydrogen) atoms. The first-order chi connectivity index (χ1) is 15.7. The summed E-state index contributed by atoms with van der Waals surface area (Å²) in [6, 6.07) is 20.3. The second-order valence-electron chi connectivity index (χ2n) is 7.15. The first kappa shape index (κ1) is 21.1. The molecule has 0 aliphatic rings. The molecule has 0 aliphatic carbocycles. The van der Waals surface area contributed by atoms with Crippen LogP contribution in [-0.4, -0.2) is 27.8 Å². The Morgan fingerprint density at radius 2 is 1.78 bits per heavy atom. The molecule has 0 bridgehead atoms. The molecule has 2 aromatic carbocycles. The summed E-state index contributed by atoms with van der Waals surface area (Å²) in [6.07, 6.45) is 6.91. The molecule has 0 spiro atoms. The predicted molar refractivity (Wildman–Crippen MR) is 120 cm³/mol. The summed E-state index contributed by atoms with van der Waals surface area (Å²) < 4.78 is 13.0. The standard InChI is InChI=1S/C25H24N4O3/c1-31-23-16-20(8-9-22(23)32-18-19-10-13-26-14-11-19)17-27-25(30)24(29-15-5-12-28-29)21-6-3-2-4-7-21/h2-16,24H,17-18H2,1H3,(H,27,30). The van der Waals surface area contributed by atoms with E-state index in [0.717, 1.165) is 16.7 Å². The number of nitrogens with one attached hydrogen (secondary N) is 1. The van der Waals surface area contributed by atoms with Gasteiger partial charge in [-0.2, -0.15) is 5.10 Å². The van der Waals surface area contributed by atoms with Gasteiger partial charge in [0.1, 0.15) is 6.61 Å². The Hall–Kier alpha value is -4.13. The van der Waals surface area contributed by atoms with Crippen LogP contribution >= 0.6 is 0 Å². The highest BCUT2D eigenvalue weighted by Crippen LogP contribution is 2.29. The second kappa shape index (κ2) is 10.3. The molecule has 1 atom stereocenters. The SMILES string of the molecule is COc1cc(CNC(=O)C(c2ccccc2)n2cccn2)ccc1OCc1ccncc1. The number of pyridine rings is 1. The van der Waals surface area contributed by atoms with E-state index in [0.29, 0.717) is 24.7 Å². The smallest absolute Gasteiger partial charge is 0.249 e. The maximum Gasteiger partial charge on any atom is 0.249 e. The van der Waals surface area contributed by atoms with Crippen molar-refractivity contribution in [2.75, 3.05) is 7.11 Å². The molecule has 4 rings (SSSR count). The fourth-order valence-electron chi connectivity index (χ4n) is 3.36. The van der Waals surface area contributed by atoms with E-state index < -0.39 is 6.04 Å². The van der Waals surface area contributed by atoms with Crippen LogP contribution < -0.4 is 14.8 Å². The number of aromatic nitrogens is 3. The number of carbonyl (C=O) groups excluding carboxylic acids is 1. The average molecular weight is 428 g/mol. The van der Waals surface area contributed by atoms with Crippen molar-refractivity contribution in [2.24, 2.45) is 0 Å². The molecule has 162 valence electrons. The quantitative estimate of drug-likeness (QED) is 0.439. The topological polar surface area (TPSA) is 78.3 Å². The molecule has 0 radical (unpaired) electrons. The molecular weight excluding hydrogens is 404 g/mol. The summed E-state index contributed by atoms with van der Waals surface area (Å²) in [5.74, 6) is 1.10. The van der Waals surface area contributed by atoms with Gasteiger partial charge in [-0.25, -0.2) is 0 Å². The Bertz CT molecular complexity index is 1130. The lowest BCUT2D eigenvalue weighted by Gasteiger charge is -2.18. The molecule has 0 aliphatic heterocycles. The Kier molecular flexibility index (Phi) is 6.77. The summed E-state index contributed by atoms with van der Waals surface area (Å²) in [5.41, 5.74) is 2.79. The number of amides is 1. The van der Waals surface area contributed by atoms with E-state index in [-0.39, 0.29) is 5.91 Å². The summed E-state index contributed by atoms with van der Waals surface area (Å²) in [6.45, 7) is 0.766. The summed E-state index contributed by atoms with van der Waals surface area (Å²) in [4.78, 5) is 17.1. The molecule has 0 saturated carbocycles. The van der Waals surface area contributed by atoms with Crippen molar-refractivity contribution in [1.29, 1.82) is 0 Å². The molecule has 1 amide bonds. The van der Waals surface area contributed by atoms with Crippen molar-refractivity contribution < 1.29 is 14.3 Å². The van der Waals surface area contributed by atoms with Gasteiger partial charge in [0.2, 0.25) is 5.91 Å². The van der Waals surface area contributed by atoms with Crippen LogP contribution in [0.25, 0.3) is 0 Å². The Morgan fingerprint density at radius 1 is 0.969 bits per heavy atom. The number of ether oxygens (including phenoxy) is 2. The van der Waals surface area contributed by atoms with Crippen LogP contribution in [0.1, 0.15) is 22.7 Å². The molecular formula is C25H24N4O3. The third kappa shape index (κ3) is 5.13. The molecule has 7 heteroatoms. The van der Waals surface area contributed by atoms with E-state index in [1.165, 1.54) is 0 Å². The zero-order valence-corrected chi connectivity index (χ0v) is 17.7. The first-order valence-corrected chi connectivity index (χ1v) is 10.2. The van der Waals surface area contributed by atoms with E-state index in [1.807, 2.05) is 60.7 Å². The van der Waals surface area contributed by atoms with E-state index >= 15 is 0 Å². The average Bonchev–Trinajstić information content (AvgIpc) is 3.37.